The van der Waals surface area contributed by atoms with Crippen LogP contribution in [0.5, 0.6) is 0 Å². The van der Waals surface area contributed by atoms with Crippen LogP contribution < -0.4 is 5.32 Å². The van der Waals surface area contributed by atoms with Crippen molar-refractivity contribution >= 4 is 59.4 Å². The first-order chi connectivity index (χ1) is 6.54. The SMILES string of the molecule is O=C(CO)Nc1c(Br)cc(Br)cc1Br. The summed E-state index contributed by atoms with van der Waals surface area (Å²) in [6.45, 7) is -0.533. The Labute approximate surface area is 106 Å². The van der Waals surface area contributed by atoms with Crippen LogP contribution in [0.3, 0.4) is 0 Å². The molecule has 0 saturated carbocycles. The molecule has 1 aromatic carbocycles. The zero-order valence-corrected chi connectivity index (χ0v) is 11.6. The van der Waals surface area contributed by atoms with Gasteiger partial charge in [-0.05, 0) is 44.0 Å². The van der Waals surface area contributed by atoms with Crippen LogP contribution in [-0.4, -0.2) is 17.6 Å². The Bertz CT molecular complexity index is 345. The number of benzene rings is 1. The lowest BCUT2D eigenvalue weighted by molar-refractivity contribution is -0.118. The van der Waals surface area contributed by atoms with Gasteiger partial charge < -0.3 is 10.4 Å². The number of anilines is 1. The van der Waals surface area contributed by atoms with Crippen molar-refractivity contribution in [1.82, 2.24) is 0 Å². The highest BCUT2D eigenvalue weighted by Crippen LogP contribution is 2.34. The minimum Gasteiger partial charge on any atom is -0.387 e. The molecule has 0 aliphatic carbocycles. The van der Waals surface area contributed by atoms with Gasteiger partial charge in [-0.3, -0.25) is 4.79 Å². The topological polar surface area (TPSA) is 49.3 Å². The van der Waals surface area contributed by atoms with Crippen LogP contribution in [-0.2, 0) is 4.79 Å². The number of hydrogen-bond donors (Lipinski definition) is 2. The molecule has 0 aromatic heterocycles. The van der Waals surface area contributed by atoms with Crippen LogP contribution in [0.4, 0.5) is 5.69 Å². The van der Waals surface area contributed by atoms with Crippen molar-refractivity contribution in [1.29, 1.82) is 0 Å². The number of carbonyl (C=O) groups is 1. The Morgan fingerprint density at radius 1 is 1.29 bits per heavy atom. The van der Waals surface area contributed by atoms with E-state index < -0.39 is 12.5 Å². The second-order valence-corrected chi connectivity index (χ2v) is 5.08. The minimum atomic E-state index is -0.533. The molecular weight excluding hydrogens is 382 g/mol. The van der Waals surface area contributed by atoms with E-state index in [2.05, 4.69) is 53.1 Å². The molecule has 14 heavy (non-hydrogen) atoms. The maximum atomic E-state index is 11.0. The highest BCUT2D eigenvalue weighted by molar-refractivity contribution is 9.11. The molecule has 0 heterocycles. The average Bonchev–Trinajstić information content (AvgIpc) is 2.10. The van der Waals surface area contributed by atoms with Gasteiger partial charge in [-0.1, -0.05) is 15.9 Å². The van der Waals surface area contributed by atoms with Gasteiger partial charge in [0.05, 0.1) is 5.69 Å². The van der Waals surface area contributed by atoms with Crippen molar-refractivity contribution in [2.45, 2.75) is 0 Å². The molecule has 0 spiro atoms. The maximum absolute atomic E-state index is 11.0. The van der Waals surface area contributed by atoms with Crippen LogP contribution in [0, 0.1) is 0 Å². The molecule has 0 aliphatic rings. The van der Waals surface area contributed by atoms with Crippen LogP contribution in [0.15, 0.2) is 25.6 Å². The van der Waals surface area contributed by atoms with Gasteiger partial charge in [0.25, 0.3) is 0 Å². The van der Waals surface area contributed by atoms with Crippen molar-refractivity contribution in [2.75, 3.05) is 11.9 Å². The highest BCUT2D eigenvalue weighted by Gasteiger charge is 2.09. The average molecular weight is 388 g/mol. The van der Waals surface area contributed by atoms with Gasteiger partial charge in [-0.25, -0.2) is 0 Å². The predicted octanol–water partition coefficient (Wildman–Crippen LogP) is 2.90. The fourth-order valence-electron chi connectivity index (χ4n) is 0.841. The Morgan fingerprint density at radius 2 is 1.79 bits per heavy atom. The van der Waals surface area contributed by atoms with E-state index in [-0.39, 0.29) is 0 Å². The number of aliphatic hydroxyl groups is 1. The van der Waals surface area contributed by atoms with Crippen LogP contribution >= 0.6 is 47.8 Å². The number of carbonyl (C=O) groups excluding carboxylic acids is 1. The van der Waals surface area contributed by atoms with Crippen molar-refractivity contribution in [3.63, 3.8) is 0 Å². The second-order valence-electron chi connectivity index (χ2n) is 2.45. The second kappa shape index (κ2) is 5.25. The molecule has 6 heteroatoms. The lowest BCUT2D eigenvalue weighted by Crippen LogP contribution is -2.16. The van der Waals surface area contributed by atoms with Gasteiger partial charge in [0.1, 0.15) is 6.61 Å². The van der Waals surface area contributed by atoms with Gasteiger partial charge >= 0.3 is 0 Å². The van der Waals surface area contributed by atoms with Crippen molar-refractivity contribution in [3.05, 3.63) is 25.6 Å². The molecule has 0 aliphatic heterocycles. The van der Waals surface area contributed by atoms with Crippen LogP contribution in [0.2, 0.25) is 0 Å². The molecule has 76 valence electrons. The van der Waals surface area contributed by atoms with Gasteiger partial charge in [-0.15, -0.1) is 0 Å². The molecule has 0 atom stereocenters. The van der Waals surface area contributed by atoms with E-state index in [9.17, 15) is 4.79 Å². The lowest BCUT2D eigenvalue weighted by atomic mass is 10.3. The molecule has 0 bridgehead atoms. The number of rotatable bonds is 2. The molecule has 2 N–H and O–H groups in total. The summed E-state index contributed by atoms with van der Waals surface area (Å²) in [5, 5.41) is 11.1. The summed E-state index contributed by atoms with van der Waals surface area (Å²) in [6.07, 6.45) is 0. The van der Waals surface area contributed by atoms with Crippen molar-refractivity contribution in [2.24, 2.45) is 0 Å². The van der Waals surface area contributed by atoms with E-state index in [1.54, 1.807) is 12.1 Å². The summed E-state index contributed by atoms with van der Waals surface area (Å²) < 4.78 is 2.36. The molecule has 0 fully saturated rings. The van der Waals surface area contributed by atoms with Crippen molar-refractivity contribution < 1.29 is 9.90 Å². The fraction of sp³-hybridized carbons (Fsp3) is 0.125. The molecule has 1 aromatic rings. The van der Waals surface area contributed by atoms with Gasteiger partial charge in [0.15, 0.2) is 0 Å². The summed E-state index contributed by atoms with van der Waals surface area (Å²) in [6, 6.07) is 3.61. The normalized spacial score (nSPS) is 10.0. The first-order valence-electron chi connectivity index (χ1n) is 3.60. The molecule has 1 rings (SSSR count). The Kier molecular flexibility index (Phi) is 4.56. The molecular formula is C8H6Br3NO2. The predicted molar refractivity (Wildman–Crippen MR) is 65.3 cm³/mol. The summed E-state index contributed by atoms with van der Waals surface area (Å²) in [4.78, 5) is 11.0. The Balaban J connectivity index is 3.02. The highest BCUT2D eigenvalue weighted by atomic mass is 79.9. The van der Waals surface area contributed by atoms with Gasteiger partial charge in [0.2, 0.25) is 5.91 Å². The van der Waals surface area contributed by atoms with Gasteiger partial charge in [0, 0.05) is 13.4 Å². The van der Waals surface area contributed by atoms with E-state index in [1.165, 1.54) is 0 Å². The third-order valence-electron chi connectivity index (χ3n) is 1.41. The van der Waals surface area contributed by atoms with Crippen LogP contribution in [0.1, 0.15) is 0 Å². The van der Waals surface area contributed by atoms with Crippen LogP contribution in [0.25, 0.3) is 0 Å². The maximum Gasteiger partial charge on any atom is 0.250 e. The zero-order valence-electron chi connectivity index (χ0n) is 6.85. The first kappa shape index (κ1) is 12.2. The molecule has 1 amide bonds. The monoisotopic (exact) mass is 385 g/mol. The molecule has 0 saturated heterocycles. The lowest BCUT2D eigenvalue weighted by Gasteiger charge is -2.08. The summed E-state index contributed by atoms with van der Waals surface area (Å²) in [5.74, 6) is -0.450. The van der Waals surface area contributed by atoms with E-state index in [1.807, 2.05) is 0 Å². The van der Waals surface area contributed by atoms with E-state index in [0.29, 0.717) is 5.69 Å². The van der Waals surface area contributed by atoms with E-state index in [4.69, 9.17) is 5.11 Å². The third-order valence-corrected chi connectivity index (χ3v) is 3.12. The Hall–Kier alpha value is 0.0900. The summed E-state index contributed by atoms with van der Waals surface area (Å²) in [7, 11) is 0. The minimum absolute atomic E-state index is 0.450. The number of halogens is 3. The zero-order chi connectivity index (χ0) is 10.7. The molecule has 0 unspecified atom stereocenters. The number of amides is 1. The third kappa shape index (κ3) is 3.05. The van der Waals surface area contributed by atoms with E-state index >= 15 is 0 Å². The summed E-state index contributed by atoms with van der Waals surface area (Å²) >= 11 is 9.91. The number of nitrogens with one attached hydrogen (secondary N) is 1. The summed E-state index contributed by atoms with van der Waals surface area (Å²) in [5.41, 5.74) is 0.604. The molecule has 0 radical (unpaired) electrons. The quantitative estimate of drug-likeness (QED) is 0.819. The smallest absolute Gasteiger partial charge is 0.250 e. The first-order valence-corrected chi connectivity index (χ1v) is 5.97. The van der Waals surface area contributed by atoms with Crippen molar-refractivity contribution in [3.8, 4) is 0 Å². The Morgan fingerprint density at radius 3 is 2.21 bits per heavy atom. The largest absolute Gasteiger partial charge is 0.387 e. The fourth-order valence-corrected chi connectivity index (χ4v) is 3.30. The van der Waals surface area contributed by atoms with E-state index in [0.717, 1.165) is 13.4 Å². The standard InChI is InChI=1S/C8H6Br3NO2/c9-4-1-5(10)8(6(11)2-4)12-7(14)3-13/h1-2,13H,3H2,(H,12,14). The number of hydrogen-bond acceptors (Lipinski definition) is 2. The van der Waals surface area contributed by atoms with Gasteiger partial charge in [-0.2, -0.15) is 0 Å². The number of aliphatic hydroxyl groups excluding tert-OH is 1. The molecule has 3 nitrogen and oxygen atoms in total.